The molecule has 0 aliphatic heterocycles. The molecule has 5 nitrogen and oxygen atoms in total. The summed E-state index contributed by atoms with van der Waals surface area (Å²) in [5, 5.41) is 2.57. The van der Waals surface area contributed by atoms with E-state index >= 15 is 0 Å². The van der Waals surface area contributed by atoms with Gasteiger partial charge in [0.2, 0.25) is 5.91 Å². The van der Waals surface area contributed by atoms with E-state index in [-0.39, 0.29) is 17.8 Å². The van der Waals surface area contributed by atoms with E-state index in [0.717, 1.165) is 6.42 Å². The molecule has 0 aromatic rings. The van der Waals surface area contributed by atoms with Gasteiger partial charge in [-0.1, -0.05) is 6.92 Å². The van der Waals surface area contributed by atoms with Gasteiger partial charge in [-0.2, -0.15) is 0 Å². The molecule has 0 rings (SSSR count). The van der Waals surface area contributed by atoms with Crippen LogP contribution in [0.3, 0.4) is 0 Å². The first-order valence-electron chi connectivity index (χ1n) is 6.02. The van der Waals surface area contributed by atoms with Crippen molar-refractivity contribution in [1.82, 2.24) is 5.32 Å². The predicted octanol–water partition coefficient (Wildman–Crippen LogP) is 0.443. The first-order valence-corrected chi connectivity index (χ1v) is 7.84. The molecule has 1 atom stereocenters. The number of rotatable bonds is 8. The van der Waals surface area contributed by atoms with Gasteiger partial charge in [0.25, 0.3) is 0 Å². The molecule has 0 aliphatic rings. The summed E-state index contributed by atoms with van der Waals surface area (Å²) in [6, 6.07) is 0.0147. The van der Waals surface area contributed by atoms with Crippen LogP contribution in [0.2, 0.25) is 0 Å². The summed E-state index contributed by atoms with van der Waals surface area (Å²) in [5.74, 6) is -0.821. The maximum Gasteiger partial charge on any atom is 0.235 e. The van der Waals surface area contributed by atoms with Crippen LogP contribution in [0.15, 0.2) is 0 Å². The van der Waals surface area contributed by atoms with E-state index < -0.39 is 21.5 Å². The summed E-state index contributed by atoms with van der Waals surface area (Å²) in [6.45, 7) is 5.56. The third-order valence-corrected chi connectivity index (χ3v) is 3.97. The van der Waals surface area contributed by atoms with Crippen LogP contribution in [0.5, 0.6) is 0 Å². The molecule has 0 spiro atoms. The Kier molecular flexibility index (Phi) is 7.38. The van der Waals surface area contributed by atoms with Gasteiger partial charge in [-0.25, -0.2) is 8.42 Å². The molecule has 0 bridgehead atoms. The number of amides is 1. The summed E-state index contributed by atoms with van der Waals surface area (Å²) in [4.78, 5) is 11.3. The van der Waals surface area contributed by atoms with E-state index in [2.05, 4.69) is 5.32 Å². The minimum Gasteiger partial charge on any atom is -0.353 e. The monoisotopic (exact) mass is 264 g/mol. The molecule has 1 unspecified atom stereocenters. The standard InChI is InChI=1S/C11H24N2O3S/c1-4-10(12)6-5-7-17(15,16)8-11(14)13-9(2)3/h9-10H,4-8,12H2,1-3H3,(H,13,14). The van der Waals surface area contributed by atoms with Gasteiger partial charge in [-0.15, -0.1) is 0 Å². The number of carbonyl (C=O) groups is 1. The maximum absolute atomic E-state index is 11.6. The van der Waals surface area contributed by atoms with Gasteiger partial charge in [-0.3, -0.25) is 4.79 Å². The molecule has 17 heavy (non-hydrogen) atoms. The highest BCUT2D eigenvalue weighted by atomic mass is 32.2. The summed E-state index contributed by atoms with van der Waals surface area (Å²) in [7, 11) is -3.30. The molecule has 0 saturated carbocycles. The van der Waals surface area contributed by atoms with Crippen molar-refractivity contribution < 1.29 is 13.2 Å². The number of nitrogens with one attached hydrogen (secondary N) is 1. The molecule has 0 aliphatic carbocycles. The van der Waals surface area contributed by atoms with Gasteiger partial charge in [0.15, 0.2) is 9.84 Å². The topological polar surface area (TPSA) is 89.3 Å². The van der Waals surface area contributed by atoms with Gasteiger partial charge < -0.3 is 11.1 Å². The number of carbonyl (C=O) groups excluding carboxylic acids is 1. The second-order valence-corrected chi connectivity index (χ2v) is 6.81. The molecule has 0 radical (unpaired) electrons. The number of sulfone groups is 1. The van der Waals surface area contributed by atoms with Gasteiger partial charge in [0, 0.05) is 12.1 Å². The fourth-order valence-electron chi connectivity index (χ4n) is 1.41. The largest absolute Gasteiger partial charge is 0.353 e. The Labute approximate surface area is 104 Å². The van der Waals surface area contributed by atoms with Crippen molar-refractivity contribution in [2.24, 2.45) is 5.73 Å². The van der Waals surface area contributed by atoms with Crippen LogP contribution < -0.4 is 11.1 Å². The van der Waals surface area contributed by atoms with E-state index in [4.69, 9.17) is 5.73 Å². The van der Waals surface area contributed by atoms with Crippen molar-refractivity contribution in [3.05, 3.63) is 0 Å². The van der Waals surface area contributed by atoms with Crippen molar-refractivity contribution in [1.29, 1.82) is 0 Å². The van der Waals surface area contributed by atoms with Gasteiger partial charge in [0.05, 0.1) is 5.75 Å². The van der Waals surface area contributed by atoms with E-state index in [1.54, 1.807) is 13.8 Å². The Morgan fingerprint density at radius 2 is 1.94 bits per heavy atom. The van der Waals surface area contributed by atoms with E-state index in [0.29, 0.717) is 12.8 Å². The molecule has 0 fully saturated rings. The lowest BCUT2D eigenvalue weighted by Gasteiger charge is -2.10. The van der Waals surface area contributed by atoms with Crippen LogP contribution >= 0.6 is 0 Å². The van der Waals surface area contributed by atoms with Gasteiger partial charge in [-0.05, 0) is 33.1 Å². The molecule has 0 heterocycles. The maximum atomic E-state index is 11.6. The summed E-state index contributed by atoms with van der Waals surface area (Å²) in [5.41, 5.74) is 5.70. The van der Waals surface area contributed by atoms with E-state index in [1.165, 1.54) is 0 Å². The first-order chi connectivity index (χ1) is 7.76. The van der Waals surface area contributed by atoms with Crippen LogP contribution in [-0.2, 0) is 14.6 Å². The third kappa shape index (κ3) is 9.12. The Morgan fingerprint density at radius 1 is 1.35 bits per heavy atom. The zero-order valence-electron chi connectivity index (χ0n) is 10.9. The average Bonchev–Trinajstić information content (AvgIpc) is 2.14. The third-order valence-electron chi connectivity index (χ3n) is 2.36. The smallest absolute Gasteiger partial charge is 0.235 e. The SMILES string of the molecule is CCC(N)CCCS(=O)(=O)CC(=O)NC(C)C. The Balaban J connectivity index is 4.00. The molecular weight excluding hydrogens is 240 g/mol. The lowest BCUT2D eigenvalue weighted by molar-refractivity contribution is -0.119. The highest BCUT2D eigenvalue weighted by Gasteiger charge is 2.17. The summed E-state index contributed by atoms with van der Waals surface area (Å²) in [6.07, 6.45) is 2.04. The normalized spacial score (nSPS) is 13.7. The van der Waals surface area contributed by atoms with Crippen molar-refractivity contribution in [2.75, 3.05) is 11.5 Å². The van der Waals surface area contributed by atoms with Crippen molar-refractivity contribution in [3.63, 3.8) is 0 Å². The average molecular weight is 264 g/mol. The quantitative estimate of drug-likeness (QED) is 0.666. The molecule has 102 valence electrons. The van der Waals surface area contributed by atoms with Gasteiger partial charge in [0.1, 0.15) is 5.75 Å². The highest BCUT2D eigenvalue weighted by molar-refractivity contribution is 7.92. The minimum absolute atomic E-state index is 0.0339. The summed E-state index contributed by atoms with van der Waals surface area (Å²) >= 11 is 0. The van der Waals surface area contributed by atoms with Crippen molar-refractivity contribution in [2.45, 2.75) is 52.1 Å². The second-order valence-electron chi connectivity index (χ2n) is 4.62. The number of hydrogen-bond donors (Lipinski definition) is 2. The minimum atomic E-state index is -3.30. The van der Waals surface area contributed by atoms with Gasteiger partial charge >= 0.3 is 0 Å². The van der Waals surface area contributed by atoms with Crippen LogP contribution in [0.1, 0.15) is 40.0 Å². The Hall–Kier alpha value is -0.620. The fraction of sp³-hybridized carbons (Fsp3) is 0.909. The Morgan fingerprint density at radius 3 is 2.41 bits per heavy atom. The van der Waals surface area contributed by atoms with Crippen molar-refractivity contribution >= 4 is 15.7 Å². The number of hydrogen-bond acceptors (Lipinski definition) is 4. The first kappa shape index (κ1) is 16.4. The molecule has 0 aromatic carbocycles. The van der Waals surface area contributed by atoms with Crippen molar-refractivity contribution in [3.8, 4) is 0 Å². The lowest BCUT2D eigenvalue weighted by atomic mass is 10.1. The van der Waals surface area contributed by atoms with E-state index in [9.17, 15) is 13.2 Å². The molecule has 1 amide bonds. The molecular formula is C11H24N2O3S. The fourth-order valence-corrected chi connectivity index (χ4v) is 2.64. The van der Waals surface area contributed by atoms with Crippen LogP contribution in [0.4, 0.5) is 0 Å². The summed E-state index contributed by atoms with van der Waals surface area (Å²) < 4.78 is 23.2. The molecule has 3 N–H and O–H groups in total. The lowest BCUT2D eigenvalue weighted by Crippen LogP contribution is -2.35. The predicted molar refractivity (Wildman–Crippen MR) is 69.4 cm³/mol. The molecule has 6 heteroatoms. The van der Waals surface area contributed by atoms with Crippen LogP contribution in [-0.4, -0.2) is 37.9 Å². The molecule has 0 aromatic heterocycles. The molecule has 0 saturated heterocycles. The zero-order chi connectivity index (χ0) is 13.5. The zero-order valence-corrected chi connectivity index (χ0v) is 11.7. The second kappa shape index (κ2) is 7.66. The number of nitrogens with two attached hydrogens (primary N) is 1. The van der Waals surface area contributed by atoms with E-state index in [1.807, 2.05) is 6.92 Å². The Bertz CT molecular complexity index is 326. The van der Waals surface area contributed by atoms with Crippen LogP contribution in [0.25, 0.3) is 0 Å². The highest BCUT2D eigenvalue weighted by Crippen LogP contribution is 2.02. The van der Waals surface area contributed by atoms with Crippen LogP contribution in [0, 0.1) is 0 Å².